The molecule has 0 spiro atoms. The first-order valence-electron chi connectivity index (χ1n) is 6.29. The second-order valence-electron chi connectivity index (χ2n) is 4.44. The number of aromatic nitrogens is 1. The summed E-state index contributed by atoms with van der Waals surface area (Å²) in [7, 11) is 3.30. The fraction of sp³-hybridized carbons (Fsp3) is 0.538. The molecule has 1 rings (SSSR count). The number of likely N-dealkylation sites (N-methyl/N-ethyl adjacent to an activating group) is 1. The lowest BCUT2D eigenvalue weighted by atomic mass is 10.2. The van der Waals surface area contributed by atoms with Crippen molar-refractivity contribution < 1.29 is 14.6 Å². The van der Waals surface area contributed by atoms with Crippen molar-refractivity contribution in [1.29, 1.82) is 0 Å². The normalized spacial score (nSPS) is 12.0. The minimum atomic E-state index is -0.559. The van der Waals surface area contributed by atoms with Gasteiger partial charge in [0.05, 0.1) is 24.3 Å². The molecule has 0 aromatic carbocycles. The Labute approximate surface area is 123 Å². The summed E-state index contributed by atoms with van der Waals surface area (Å²) in [4.78, 5) is 17.6. The van der Waals surface area contributed by atoms with Crippen LogP contribution in [0.25, 0.3) is 0 Å². The van der Waals surface area contributed by atoms with Gasteiger partial charge in [-0.3, -0.25) is 4.79 Å². The van der Waals surface area contributed by atoms with Crippen molar-refractivity contribution in [3.63, 3.8) is 0 Å². The number of hydrogen-bond acceptors (Lipinski definition) is 5. The van der Waals surface area contributed by atoms with Crippen molar-refractivity contribution in [3.8, 4) is 0 Å². The molecule has 1 aromatic heterocycles. The highest BCUT2D eigenvalue weighted by molar-refractivity contribution is 6.30. The fourth-order valence-electron chi connectivity index (χ4n) is 1.60. The Balaban J connectivity index is 2.29. The lowest BCUT2D eigenvalue weighted by Gasteiger charge is -2.18. The van der Waals surface area contributed by atoms with E-state index < -0.39 is 6.10 Å². The number of amides is 1. The number of aliphatic hydroxyl groups excluding tert-OH is 1. The third-order valence-electron chi connectivity index (χ3n) is 2.64. The Bertz CT molecular complexity index is 414. The quantitative estimate of drug-likeness (QED) is 0.739. The van der Waals surface area contributed by atoms with Crippen LogP contribution < -0.4 is 10.2 Å². The number of carbonyl (C=O) groups excluding carboxylic acids is 1. The van der Waals surface area contributed by atoms with E-state index in [-0.39, 0.29) is 19.1 Å². The van der Waals surface area contributed by atoms with E-state index in [9.17, 15) is 9.90 Å². The van der Waals surface area contributed by atoms with Gasteiger partial charge in [-0.05, 0) is 18.6 Å². The van der Waals surface area contributed by atoms with E-state index in [1.165, 1.54) is 13.3 Å². The van der Waals surface area contributed by atoms with Gasteiger partial charge in [-0.1, -0.05) is 11.6 Å². The third kappa shape index (κ3) is 6.18. The summed E-state index contributed by atoms with van der Waals surface area (Å²) < 4.78 is 4.80. The molecule has 0 aliphatic carbocycles. The van der Waals surface area contributed by atoms with Crippen LogP contribution in [0.15, 0.2) is 18.3 Å². The predicted molar refractivity (Wildman–Crippen MR) is 78.0 cm³/mol. The summed E-state index contributed by atoms with van der Waals surface area (Å²) in [6, 6.07) is 3.47. The van der Waals surface area contributed by atoms with Crippen molar-refractivity contribution in [2.24, 2.45) is 0 Å². The van der Waals surface area contributed by atoms with Gasteiger partial charge in [0.2, 0.25) is 5.91 Å². The van der Waals surface area contributed by atoms with Gasteiger partial charge in [-0.25, -0.2) is 4.98 Å². The Morgan fingerprint density at radius 3 is 2.95 bits per heavy atom. The second-order valence-corrected chi connectivity index (χ2v) is 4.87. The van der Waals surface area contributed by atoms with Crippen LogP contribution in [0.2, 0.25) is 5.02 Å². The summed E-state index contributed by atoms with van der Waals surface area (Å²) in [5.41, 5.74) is 0. The first-order chi connectivity index (χ1) is 9.52. The molecule has 0 radical (unpaired) electrons. The maximum atomic E-state index is 11.7. The van der Waals surface area contributed by atoms with E-state index in [0.29, 0.717) is 23.8 Å². The highest BCUT2D eigenvalue weighted by Gasteiger charge is 2.09. The Hall–Kier alpha value is -1.37. The SMILES string of the molecule is COCC(O)CCNC(=O)CN(C)c1ccc(Cl)cn1. The van der Waals surface area contributed by atoms with Crippen LogP contribution >= 0.6 is 11.6 Å². The van der Waals surface area contributed by atoms with E-state index in [2.05, 4.69) is 10.3 Å². The summed E-state index contributed by atoms with van der Waals surface area (Å²) >= 11 is 5.75. The summed E-state index contributed by atoms with van der Waals surface area (Å²) in [5, 5.41) is 12.7. The van der Waals surface area contributed by atoms with Crippen LogP contribution in [0.5, 0.6) is 0 Å². The largest absolute Gasteiger partial charge is 0.391 e. The molecule has 1 heterocycles. The van der Waals surface area contributed by atoms with Crippen molar-refractivity contribution in [3.05, 3.63) is 23.4 Å². The molecule has 20 heavy (non-hydrogen) atoms. The fourth-order valence-corrected chi connectivity index (χ4v) is 1.71. The highest BCUT2D eigenvalue weighted by Crippen LogP contribution is 2.12. The average Bonchev–Trinajstić information content (AvgIpc) is 2.39. The number of nitrogens with one attached hydrogen (secondary N) is 1. The number of pyridine rings is 1. The van der Waals surface area contributed by atoms with Gasteiger partial charge in [-0.15, -0.1) is 0 Å². The molecule has 112 valence electrons. The number of hydrogen-bond donors (Lipinski definition) is 2. The number of rotatable bonds is 8. The maximum absolute atomic E-state index is 11.7. The molecular formula is C13H20ClN3O3. The number of ether oxygens (including phenoxy) is 1. The predicted octanol–water partition coefficient (Wildman–Crippen LogP) is 0.685. The number of methoxy groups -OCH3 is 1. The topological polar surface area (TPSA) is 74.7 Å². The molecule has 0 saturated heterocycles. The molecule has 6 nitrogen and oxygen atoms in total. The van der Waals surface area contributed by atoms with E-state index in [1.54, 1.807) is 24.1 Å². The summed E-state index contributed by atoms with van der Waals surface area (Å²) in [6.07, 6.45) is 1.44. The first-order valence-corrected chi connectivity index (χ1v) is 6.67. The van der Waals surface area contributed by atoms with Crippen LogP contribution in [-0.2, 0) is 9.53 Å². The van der Waals surface area contributed by atoms with E-state index in [4.69, 9.17) is 16.3 Å². The minimum absolute atomic E-state index is 0.131. The number of anilines is 1. The smallest absolute Gasteiger partial charge is 0.239 e. The van der Waals surface area contributed by atoms with Crippen LogP contribution in [0.3, 0.4) is 0 Å². The number of aliphatic hydroxyl groups is 1. The molecule has 0 aliphatic heterocycles. The van der Waals surface area contributed by atoms with Crippen molar-refractivity contribution >= 4 is 23.3 Å². The zero-order valence-electron chi connectivity index (χ0n) is 11.7. The Morgan fingerprint density at radius 2 is 2.35 bits per heavy atom. The van der Waals surface area contributed by atoms with Crippen LogP contribution in [-0.4, -0.2) is 56.0 Å². The van der Waals surface area contributed by atoms with Gasteiger partial charge in [0.15, 0.2) is 0 Å². The van der Waals surface area contributed by atoms with E-state index in [1.807, 2.05) is 0 Å². The van der Waals surface area contributed by atoms with Crippen molar-refractivity contribution in [2.75, 3.05) is 38.8 Å². The van der Waals surface area contributed by atoms with Gasteiger partial charge in [0.1, 0.15) is 5.82 Å². The lowest BCUT2D eigenvalue weighted by molar-refractivity contribution is -0.119. The zero-order chi connectivity index (χ0) is 15.0. The third-order valence-corrected chi connectivity index (χ3v) is 2.87. The second kappa shape index (κ2) is 8.73. The number of nitrogens with zero attached hydrogens (tertiary/aromatic N) is 2. The first kappa shape index (κ1) is 16.7. The minimum Gasteiger partial charge on any atom is -0.391 e. The van der Waals surface area contributed by atoms with Gasteiger partial charge in [-0.2, -0.15) is 0 Å². The summed E-state index contributed by atoms with van der Waals surface area (Å²) in [5.74, 6) is 0.540. The van der Waals surface area contributed by atoms with Crippen molar-refractivity contribution in [1.82, 2.24) is 10.3 Å². The van der Waals surface area contributed by atoms with Gasteiger partial charge < -0.3 is 20.1 Å². The maximum Gasteiger partial charge on any atom is 0.239 e. The molecule has 1 unspecified atom stereocenters. The van der Waals surface area contributed by atoms with Gasteiger partial charge in [0, 0.05) is 26.9 Å². The van der Waals surface area contributed by atoms with Gasteiger partial charge >= 0.3 is 0 Å². The number of carbonyl (C=O) groups is 1. The molecule has 1 aromatic rings. The van der Waals surface area contributed by atoms with Crippen LogP contribution in [0, 0.1) is 0 Å². The molecule has 7 heteroatoms. The van der Waals surface area contributed by atoms with Crippen molar-refractivity contribution in [2.45, 2.75) is 12.5 Å². The molecule has 0 saturated carbocycles. The molecule has 0 fully saturated rings. The molecule has 1 atom stereocenters. The standard InChI is InChI=1S/C13H20ClN3O3/c1-17(12-4-3-10(14)7-16-12)8-13(19)15-6-5-11(18)9-20-2/h3-4,7,11,18H,5-6,8-9H2,1-2H3,(H,15,19). The molecule has 1 amide bonds. The molecule has 0 bridgehead atoms. The van der Waals surface area contributed by atoms with Gasteiger partial charge in [0.25, 0.3) is 0 Å². The molecule has 2 N–H and O–H groups in total. The van der Waals surface area contributed by atoms with E-state index in [0.717, 1.165) is 0 Å². The van der Waals surface area contributed by atoms with E-state index >= 15 is 0 Å². The number of halogens is 1. The van der Waals surface area contributed by atoms with Crippen LogP contribution in [0.4, 0.5) is 5.82 Å². The zero-order valence-corrected chi connectivity index (χ0v) is 12.4. The Morgan fingerprint density at radius 1 is 1.60 bits per heavy atom. The molecular weight excluding hydrogens is 282 g/mol. The molecule has 0 aliphatic rings. The lowest BCUT2D eigenvalue weighted by Crippen LogP contribution is -2.37. The van der Waals surface area contributed by atoms with Crippen LogP contribution in [0.1, 0.15) is 6.42 Å². The monoisotopic (exact) mass is 301 g/mol. The average molecular weight is 302 g/mol. The summed E-state index contributed by atoms with van der Waals surface area (Å²) in [6.45, 7) is 0.866. The highest BCUT2D eigenvalue weighted by atomic mass is 35.5. The Kier molecular flexibility index (Phi) is 7.28.